The number of hydrogen-bond donors (Lipinski definition) is 0. The molecule has 0 aliphatic rings. The van der Waals surface area contributed by atoms with E-state index in [9.17, 15) is 4.79 Å². The molecular formula is C21H21N3O2. The van der Waals surface area contributed by atoms with Crippen LogP contribution in [0.15, 0.2) is 47.3 Å². The highest BCUT2D eigenvalue weighted by Gasteiger charge is 2.18. The largest absolute Gasteiger partial charge is 0.497 e. The first-order chi connectivity index (χ1) is 12.6. The molecule has 1 atom stereocenters. The maximum absolute atomic E-state index is 13.3. The predicted molar refractivity (Wildman–Crippen MR) is 102 cm³/mol. The summed E-state index contributed by atoms with van der Waals surface area (Å²) in [6.45, 7) is 4.20. The Bertz CT molecular complexity index is 1030. The SMILES string of the molecule is CCCC(C)c1nc2ccc(C#N)cc2c(=O)n1-c1ccc(OC)cc1. The van der Waals surface area contributed by atoms with Gasteiger partial charge in [0.15, 0.2) is 0 Å². The summed E-state index contributed by atoms with van der Waals surface area (Å²) in [5, 5.41) is 9.60. The van der Waals surface area contributed by atoms with Gasteiger partial charge in [-0.05, 0) is 48.9 Å². The molecule has 0 amide bonds. The minimum atomic E-state index is -0.157. The monoisotopic (exact) mass is 347 g/mol. The summed E-state index contributed by atoms with van der Waals surface area (Å²) in [6.07, 6.45) is 1.94. The number of hydrogen-bond acceptors (Lipinski definition) is 4. The van der Waals surface area contributed by atoms with Crippen LogP contribution in [0.2, 0.25) is 0 Å². The van der Waals surface area contributed by atoms with Gasteiger partial charge in [-0.1, -0.05) is 20.3 Å². The van der Waals surface area contributed by atoms with Crippen molar-refractivity contribution in [3.05, 3.63) is 64.2 Å². The molecule has 132 valence electrons. The summed E-state index contributed by atoms with van der Waals surface area (Å²) in [4.78, 5) is 18.0. The molecule has 0 spiro atoms. The van der Waals surface area contributed by atoms with Crippen molar-refractivity contribution in [1.29, 1.82) is 5.26 Å². The van der Waals surface area contributed by atoms with Gasteiger partial charge in [0.05, 0.1) is 35.3 Å². The van der Waals surface area contributed by atoms with Gasteiger partial charge in [-0.3, -0.25) is 9.36 Å². The van der Waals surface area contributed by atoms with Crippen molar-refractivity contribution >= 4 is 10.9 Å². The number of fused-ring (bicyclic) bond motifs is 1. The quantitative estimate of drug-likeness (QED) is 0.695. The number of nitriles is 1. The third-order valence-electron chi connectivity index (χ3n) is 4.52. The minimum absolute atomic E-state index is 0.134. The number of nitrogens with zero attached hydrogens (tertiary/aromatic N) is 3. The first-order valence-corrected chi connectivity index (χ1v) is 8.70. The van der Waals surface area contributed by atoms with E-state index in [1.807, 2.05) is 24.3 Å². The number of ether oxygens (including phenoxy) is 1. The van der Waals surface area contributed by atoms with E-state index in [1.54, 1.807) is 29.9 Å². The number of aromatic nitrogens is 2. The van der Waals surface area contributed by atoms with Crippen molar-refractivity contribution < 1.29 is 4.74 Å². The van der Waals surface area contributed by atoms with Gasteiger partial charge in [0.2, 0.25) is 0 Å². The lowest BCUT2D eigenvalue weighted by atomic mass is 10.0. The zero-order valence-corrected chi connectivity index (χ0v) is 15.2. The van der Waals surface area contributed by atoms with Crippen LogP contribution in [0.1, 0.15) is 44.0 Å². The van der Waals surface area contributed by atoms with Gasteiger partial charge in [0.1, 0.15) is 11.6 Å². The maximum Gasteiger partial charge on any atom is 0.266 e. The van der Waals surface area contributed by atoms with Crippen LogP contribution in [0.25, 0.3) is 16.6 Å². The molecule has 5 nitrogen and oxygen atoms in total. The lowest BCUT2D eigenvalue weighted by Crippen LogP contribution is -2.25. The molecule has 0 N–H and O–H groups in total. The Morgan fingerprint density at radius 2 is 1.96 bits per heavy atom. The molecule has 2 aromatic carbocycles. The normalized spacial score (nSPS) is 11.9. The smallest absolute Gasteiger partial charge is 0.266 e. The van der Waals surface area contributed by atoms with Crippen LogP contribution in [-0.2, 0) is 0 Å². The Kier molecular flexibility index (Phi) is 5.04. The summed E-state index contributed by atoms with van der Waals surface area (Å²) in [7, 11) is 1.61. The van der Waals surface area contributed by atoms with Crippen molar-refractivity contribution in [2.45, 2.75) is 32.6 Å². The molecule has 0 saturated heterocycles. The summed E-state index contributed by atoms with van der Waals surface area (Å²) in [6, 6.07) is 14.5. The van der Waals surface area contributed by atoms with Crippen molar-refractivity contribution in [2.24, 2.45) is 0 Å². The Morgan fingerprint density at radius 3 is 2.58 bits per heavy atom. The van der Waals surface area contributed by atoms with E-state index >= 15 is 0 Å². The average Bonchev–Trinajstić information content (AvgIpc) is 2.68. The molecule has 26 heavy (non-hydrogen) atoms. The van der Waals surface area contributed by atoms with Gasteiger partial charge in [-0.15, -0.1) is 0 Å². The van der Waals surface area contributed by atoms with Gasteiger partial charge in [0.25, 0.3) is 5.56 Å². The molecule has 1 unspecified atom stereocenters. The molecule has 3 aromatic rings. The molecule has 3 rings (SSSR count). The minimum Gasteiger partial charge on any atom is -0.497 e. The number of methoxy groups -OCH3 is 1. The van der Waals surface area contributed by atoms with Gasteiger partial charge in [0, 0.05) is 5.92 Å². The second-order valence-electron chi connectivity index (χ2n) is 6.34. The summed E-state index contributed by atoms with van der Waals surface area (Å²) in [5.41, 5.74) is 1.66. The summed E-state index contributed by atoms with van der Waals surface area (Å²) < 4.78 is 6.87. The fourth-order valence-electron chi connectivity index (χ4n) is 3.15. The van der Waals surface area contributed by atoms with Crippen LogP contribution in [0.4, 0.5) is 0 Å². The first kappa shape index (κ1) is 17.7. The van der Waals surface area contributed by atoms with Crippen LogP contribution in [0.5, 0.6) is 5.75 Å². The molecule has 0 bridgehead atoms. The second-order valence-corrected chi connectivity index (χ2v) is 6.34. The highest BCUT2D eigenvalue weighted by Crippen LogP contribution is 2.24. The van der Waals surface area contributed by atoms with E-state index in [2.05, 4.69) is 19.9 Å². The predicted octanol–water partition coefficient (Wildman–Crippen LogP) is 4.17. The number of rotatable bonds is 5. The zero-order chi connectivity index (χ0) is 18.7. The van der Waals surface area contributed by atoms with E-state index in [1.165, 1.54) is 0 Å². The molecule has 0 aliphatic heterocycles. The van der Waals surface area contributed by atoms with Crippen LogP contribution in [0, 0.1) is 11.3 Å². The zero-order valence-electron chi connectivity index (χ0n) is 15.2. The molecule has 1 heterocycles. The highest BCUT2D eigenvalue weighted by atomic mass is 16.5. The molecule has 0 fully saturated rings. The standard InChI is InChI=1S/C21H21N3O2/c1-4-5-14(2)20-23-19-11-6-15(13-22)12-18(19)21(25)24(20)16-7-9-17(26-3)10-8-16/h6-12,14H,4-5H2,1-3H3. The van der Waals surface area contributed by atoms with E-state index in [0.717, 1.165) is 30.1 Å². The van der Waals surface area contributed by atoms with Crippen molar-refractivity contribution in [2.75, 3.05) is 7.11 Å². The highest BCUT2D eigenvalue weighted by molar-refractivity contribution is 5.79. The van der Waals surface area contributed by atoms with E-state index < -0.39 is 0 Å². The van der Waals surface area contributed by atoms with Crippen LogP contribution >= 0.6 is 0 Å². The Morgan fingerprint density at radius 1 is 1.23 bits per heavy atom. The Balaban J connectivity index is 2.31. The van der Waals surface area contributed by atoms with Gasteiger partial charge in [-0.25, -0.2) is 4.98 Å². The van der Waals surface area contributed by atoms with Crippen molar-refractivity contribution in [3.63, 3.8) is 0 Å². The number of benzene rings is 2. The van der Waals surface area contributed by atoms with Crippen LogP contribution < -0.4 is 10.3 Å². The van der Waals surface area contributed by atoms with Crippen molar-refractivity contribution in [3.8, 4) is 17.5 Å². The average molecular weight is 347 g/mol. The first-order valence-electron chi connectivity index (χ1n) is 8.70. The maximum atomic E-state index is 13.3. The van der Waals surface area contributed by atoms with Gasteiger partial charge >= 0.3 is 0 Å². The Hall–Kier alpha value is -3.13. The van der Waals surface area contributed by atoms with Crippen LogP contribution in [-0.4, -0.2) is 16.7 Å². The fourth-order valence-corrected chi connectivity index (χ4v) is 3.15. The molecule has 0 radical (unpaired) electrons. The second kappa shape index (κ2) is 7.40. The van der Waals surface area contributed by atoms with Gasteiger partial charge < -0.3 is 4.74 Å². The molecule has 0 saturated carbocycles. The Labute approximate surface area is 152 Å². The van der Waals surface area contributed by atoms with Gasteiger partial charge in [-0.2, -0.15) is 5.26 Å². The van der Waals surface area contributed by atoms with Crippen LogP contribution in [0.3, 0.4) is 0 Å². The third kappa shape index (κ3) is 3.18. The topological polar surface area (TPSA) is 67.9 Å². The van der Waals surface area contributed by atoms with Crippen molar-refractivity contribution in [1.82, 2.24) is 9.55 Å². The molecule has 5 heteroatoms. The third-order valence-corrected chi connectivity index (χ3v) is 4.52. The lowest BCUT2D eigenvalue weighted by molar-refractivity contribution is 0.414. The molecular weight excluding hydrogens is 326 g/mol. The van der Waals surface area contributed by atoms with E-state index in [-0.39, 0.29) is 11.5 Å². The fraction of sp³-hybridized carbons (Fsp3) is 0.286. The summed E-state index contributed by atoms with van der Waals surface area (Å²) in [5.74, 6) is 1.60. The van der Waals surface area contributed by atoms with E-state index in [4.69, 9.17) is 15.0 Å². The summed E-state index contributed by atoms with van der Waals surface area (Å²) >= 11 is 0. The molecule has 1 aromatic heterocycles. The van der Waals surface area contributed by atoms with E-state index in [0.29, 0.717) is 16.5 Å². The lowest BCUT2D eigenvalue weighted by Gasteiger charge is -2.18. The molecule has 0 aliphatic carbocycles.